The summed E-state index contributed by atoms with van der Waals surface area (Å²) in [7, 11) is 3.94. The van der Waals surface area contributed by atoms with Gasteiger partial charge in [-0.2, -0.15) is 5.10 Å². The normalized spacial score (nSPS) is 21.1. The maximum absolute atomic E-state index is 5.96. The van der Waals surface area contributed by atoms with Crippen LogP contribution in [-0.4, -0.2) is 53.0 Å². The molecule has 1 aliphatic rings. The third kappa shape index (κ3) is 3.22. The average molecular weight is 321 g/mol. The molecular weight excluding hydrogens is 298 g/mol. The number of nitrogens with zero attached hydrogens (tertiary/aromatic N) is 4. The van der Waals surface area contributed by atoms with Gasteiger partial charge in [-0.15, -0.1) is 11.3 Å². The Morgan fingerprint density at radius 1 is 1.55 bits per heavy atom. The average Bonchev–Trinajstić information content (AvgIpc) is 3.14. The molecular formula is C15H23N5OS. The molecule has 1 aliphatic heterocycles. The van der Waals surface area contributed by atoms with Crippen molar-refractivity contribution in [1.29, 1.82) is 0 Å². The summed E-state index contributed by atoms with van der Waals surface area (Å²) in [6, 6.07) is 0.348. The molecule has 1 fully saturated rings. The summed E-state index contributed by atoms with van der Waals surface area (Å²) in [5.74, 6) is 0. The number of ether oxygens (including phenoxy) is 1. The molecule has 6 nitrogen and oxygen atoms in total. The van der Waals surface area contributed by atoms with E-state index in [0.29, 0.717) is 6.04 Å². The van der Waals surface area contributed by atoms with Crippen molar-refractivity contribution < 1.29 is 4.74 Å². The lowest BCUT2D eigenvalue weighted by Crippen LogP contribution is -2.43. The van der Waals surface area contributed by atoms with Crippen LogP contribution in [0.5, 0.6) is 0 Å². The first-order valence-electron chi connectivity index (χ1n) is 7.58. The van der Waals surface area contributed by atoms with Crippen molar-refractivity contribution in [2.24, 2.45) is 7.05 Å². The van der Waals surface area contributed by atoms with Gasteiger partial charge in [0.2, 0.25) is 0 Å². The molecule has 120 valence electrons. The standard InChI is InChI=1S/C15H23N5OS/c1-11-15(22-10-17-11)13(7-16-2)20-4-5-21-14(9-20)12-6-18-19(3)8-12/h6,8,10,13-14,16H,4-5,7,9H2,1-3H3. The molecule has 3 rings (SSSR count). The third-order valence-corrected chi connectivity index (χ3v) is 5.15. The first-order chi connectivity index (χ1) is 10.7. The highest BCUT2D eigenvalue weighted by atomic mass is 32.1. The first kappa shape index (κ1) is 15.6. The second-order valence-electron chi connectivity index (χ2n) is 5.68. The summed E-state index contributed by atoms with van der Waals surface area (Å²) in [6.07, 6.45) is 4.04. The van der Waals surface area contributed by atoms with Crippen molar-refractivity contribution in [1.82, 2.24) is 25.0 Å². The molecule has 0 amide bonds. The fraction of sp³-hybridized carbons (Fsp3) is 0.600. The zero-order valence-corrected chi connectivity index (χ0v) is 14.1. The molecule has 0 aromatic carbocycles. The Labute approximate surface area is 135 Å². The topological polar surface area (TPSA) is 55.2 Å². The molecule has 0 saturated carbocycles. The molecule has 2 aromatic rings. The van der Waals surface area contributed by atoms with Crippen molar-refractivity contribution >= 4 is 11.3 Å². The van der Waals surface area contributed by atoms with E-state index in [0.717, 1.165) is 37.5 Å². The van der Waals surface area contributed by atoms with E-state index < -0.39 is 0 Å². The number of morpholine rings is 1. The van der Waals surface area contributed by atoms with Crippen LogP contribution in [-0.2, 0) is 11.8 Å². The van der Waals surface area contributed by atoms with Gasteiger partial charge in [0.1, 0.15) is 0 Å². The van der Waals surface area contributed by atoms with Crippen LogP contribution >= 0.6 is 11.3 Å². The molecule has 2 unspecified atom stereocenters. The van der Waals surface area contributed by atoms with Gasteiger partial charge in [-0.25, -0.2) is 4.98 Å². The monoisotopic (exact) mass is 321 g/mol. The number of aryl methyl sites for hydroxylation is 2. The molecule has 0 spiro atoms. The number of thiazole rings is 1. The number of rotatable bonds is 5. The fourth-order valence-corrected chi connectivity index (χ4v) is 3.91. The van der Waals surface area contributed by atoms with Crippen molar-refractivity contribution in [3.63, 3.8) is 0 Å². The molecule has 1 N–H and O–H groups in total. The van der Waals surface area contributed by atoms with Crippen LogP contribution in [0.25, 0.3) is 0 Å². The van der Waals surface area contributed by atoms with Gasteiger partial charge in [0.15, 0.2) is 0 Å². The van der Waals surface area contributed by atoms with Gasteiger partial charge in [-0.05, 0) is 14.0 Å². The maximum Gasteiger partial charge on any atom is 0.0982 e. The van der Waals surface area contributed by atoms with Crippen LogP contribution in [0.1, 0.15) is 28.3 Å². The quantitative estimate of drug-likeness (QED) is 0.905. The summed E-state index contributed by atoms with van der Waals surface area (Å²) in [5.41, 5.74) is 4.22. The van der Waals surface area contributed by atoms with Crippen LogP contribution in [0.3, 0.4) is 0 Å². The first-order valence-corrected chi connectivity index (χ1v) is 8.45. The molecule has 2 aromatic heterocycles. The van der Waals surface area contributed by atoms with E-state index in [1.54, 1.807) is 11.3 Å². The van der Waals surface area contributed by atoms with Gasteiger partial charge >= 0.3 is 0 Å². The molecule has 0 radical (unpaired) electrons. The Morgan fingerprint density at radius 3 is 3.05 bits per heavy atom. The van der Waals surface area contributed by atoms with Crippen LogP contribution < -0.4 is 5.32 Å². The molecule has 3 heterocycles. The van der Waals surface area contributed by atoms with Crippen LogP contribution in [0.2, 0.25) is 0 Å². The minimum absolute atomic E-state index is 0.0926. The Balaban J connectivity index is 1.78. The highest BCUT2D eigenvalue weighted by molar-refractivity contribution is 7.09. The minimum atomic E-state index is 0.0926. The van der Waals surface area contributed by atoms with Crippen LogP contribution in [0.4, 0.5) is 0 Å². The van der Waals surface area contributed by atoms with E-state index in [1.165, 1.54) is 4.88 Å². The second-order valence-corrected chi connectivity index (χ2v) is 6.56. The predicted octanol–water partition coefficient (Wildman–Crippen LogP) is 1.52. The Hall–Kier alpha value is -1.28. The molecule has 0 bridgehead atoms. The summed E-state index contributed by atoms with van der Waals surface area (Å²) in [6.45, 7) is 5.59. The molecule has 1 saturated heterocycles. The van der Waals surface area contributed by atoms with E-state index in [1.807, 2.05) is 36.7 Å². The highest BCUT2D eigenvalue weighted by Crippen LogP contribution is 2.31. The number of nitrogens with one attached hydrogen (secondary N) is 1. The van der Waals surface area contributed by atoms with Crippen molar-refractivity contribution in [3.8, 4) is 0 Å². The van der Waals surface area contributed by atoms with Gasteiger partial charge in [0.05, 0.1) is 36.2 Å². The molecule has 22 heavy (non-hydrogen) atoms. The molecule has 7 heteroatoms. The number of hydrogen-bond donors (Lipinski definition) is 1. The second kappa shape index (κ2) is 6.87. The maximum atomic E-state index is 5.96. The summed E-state index contributed by atoms with van der Waals surface area (Å²) >= 11 is 1.74. The number of aromatic nitrogens is 3. The van der Waals surface area contributed by atoms with E-state index in [4.69, 9.17) is 4.74 Å². The zero-order valence-electron chi connectivity index (χ0n) is 13.3. The van der Waals surface area contributed by atoms with Gasteiger partial charge < -0.3 is 10.1 Å². The fourth-order valence-electron chi connectivity index (χ4n) is 2.97. The van der Waals surface area contributed by atoms with Crippen LogP contribution in [0, 0.1) is 6.92 Å². The van der Waals surface area contributed by atoms with Crippen molar-refractivity contribution in [2.45, 2.75) is 19.1 Å². The van der Waals surface area contributed by atoms with Gasteiger partial charge in [-0.1, -0.05) is 0 Å². The SMILES string of the molecule is CNCC(c1scnc1C)N1CCOC(c2cnn(C)c2)C1. The lowest BCUT2D eigenvalue weighted by Gasteiger charge is -2.37. The smallest absolute Gasteiger partial charge is 0.0982 e. The van der Waals surface area contributed by atoms with E-state index in [9.17, 15) is 0 Å². The number of hydrogen-bond acceptors (Lipinski definition) is 6. The van der Waals surface area contributed by atoms with E-state index in [2.05, 4.69) is 27.2 Å². The Morgan fingerprint density at radius 2 is 2.41 bits per heavy atom. The van der Waals surface area contributed by atoms with Gasteiger partial charge in [0, 0.05) is 43.3 Å². The number of likely N-dealkylation sites (N-methyl/N-ethyl adjacent to an activating group) is 1. The third-order valence-electron chi connectivity index (χ3n) is 4.12. The van der Waals surface area contributed by atoms with E-state index in [-0.39, 0.29) is 6.10 Å². The minimum Gasteiger partial charge on any atom is -0.371 e. The van der Waals surface area contributed by atoms with Crippen molar-refractivity contribution in [2.75, 3.05) is 33.3 Å². The largest absolute Gasteiger partial charge is 0.371 e. The highest BCUT2D eigenvalue weighted by Gasteiger charge is 2.30. The molecule has 0 aliphatic carbocycles. The summed E-state index contributed by atoms with van der Waals surface area (Å²) in [4.78, 5) is 8.26. The Kier molecular flexibility index (Phi) is 4.87. The lowest BCUT2D eigenvalue weighted by molar-refractivity contribution is -0.0449. The predicted molar refractivity (Wildman–Crippen MR) is 87.0 cm³/mol. The lowest BCUT2D eigenvalue weighted by atomic mass is 10.1. The molecule has 2 atom stereocenters. The van der Waals surface area contributed by atoms with Crippen molar-refractivity contribution in [3.05, 3.63) is 34.0 Å². The summed E-state index contributed by atoms with van der Waals surface area (Å²) in [5, 5.41) is 7.58. The van der Waals surface area contributed by atoms with E-state index >= 15 is 0 Å². The van der Waals surface area contributed by atoms with Crippen LogP contribution in [0.15, 0.2) is 17.9 Å². The van der Waals surface area contributed by atoms with Gasteiger partial charge in [-0.3, -0.25) is 9.58 Å². The summed E-state index contributed by atoms with van der Waals surface area (Å²) < 4.78 is 7.79. The Bertz CT molecular complexity index is 611. The van der Waals surface area contributed by atoms with Gasteiger partial charge in [0.25, 0.3) is 0 Å². The zero-order chi connectivity index (χ0) is 15.5.